The van der Waals surface area contributed by atoms with Crippen molar-refractivity contribution in [1.82, 2.24) is 14.3 Å². The predicted molar refractivity (Wildman–Crippen MR) is 86.5 cm³/mol. The zero-order valence-corrected chi connectivity index (χ0v) is 13.9. The number of rotatable bonds is 3. The van der Waals surface area contributed by atoms with Crippen LogP contribution in [0.4, 0.5) is 4.39 Å². The van der Waals surface area contributed by atoms with Crippen molar-refractivity contribution in [3.05, 3.63) is 34.9 Å². The topological polar surface area (TPSA) is 27.2 Å². The summed E-state index contributed by atoms with van der Waals surface area (Å²) in [5.74, 6) is 1.38. The van der Waals surface area contributed by atoms with Gasteiger partial charge in [-0.1, -0.05) is 6.92 Å². The van der Waals surface area contributed by atoms with Gasteiger partial charge in [-0.2, -0.15) is 4.68 Å². The Morgan fingerprint density at radius 3 is 2.55 bits per heavy atom. The lowest BCUT2D eigenvalue weighted by Gasteiger charge is -2.26. The van der Waals surface area contributed by atoms with Crippen LogP contribution in [-0.2, 0) is 13.7 Å². The highest BCUT2D eigenvalue weighted by Gasteiger charge is 2.20. The summed E-state index contributed by atoms with van der Waals surface area (Å²) >= 11 is 5.51. The number of quaternary nitrogens is 1. The van der Waals surface area contributed by atoms with E-state index in [4.69, 9.17) is 12.2 Å². The normalized spacial score (nSPS) is 22.0. The van der Waals surface area contributed by atoms with Gasteiger partial charge < -0.3 is 9.47 Å². The Balaban J connectivity index is 1.83. The highest BCUT2D eigenvalue weighted by molar-refractivity contribution is 7.71. The van der Waals surface area contributed by atoms with Gasteiger partial charge in [0.25, 0.3) is 0 Å². The number of benzene rings is 1. The maximum Gasteiger partial charge on any atom is 0.202 e. The fourth-order valence-corrected chi connectivity index (χ4v) is 3.17. The van der Waals surface area contributed by atoms with Crippen LogP contribution in [0.1, 0.15) is 19.8 Å². The number of likely N-dealkylation sites (tertiary alicyclic amines) is 1. The van der Waals surface area contributed by atoms with E-state index in [1.54, 1.807) is 12.1 Å². The Kier molecular flexibility index (Phi) is 4.40. The first kappa shape index (κ1) is 15.4. The zero-order valence-electron chi connectivity index (χ0n) is 13.1. The van der Waals surface area contributed by atoms with Crippen LogP contribution >= 0.6 is 12.2 Å². The zero-order chi connectivity index (χ0) is 15.7. The van der Waals surface area contributed by atoms with Crippen LogP contribution in [0.15, 0.2) is 24.3 Å². The van der Waals surface area contributed by atoms with Crippen LogP contribution in [0, 0.1) is 16.5 Å². The Bertz CT molecular complexity index is 696. The molecule has 1 N–H and O–H groups in total. The molecule has 22 heavy (non-hydrogen) atoms. The van der Waals surface area contributed by atoms with Crippen LogP contribution in [-0.4, -0.2) is 27.4 Å². The molecule has 1 saturated heterocycles. The summed E-state index contributed by atoms with van der Waals surface area (Å²) in [4.78, 5) is 1.53. The van der Waals surface area contributed by atoms with Gasteiger partial charge in [0, 0.05) is 12.6 Å². The lowest BCUT2D eigenvalue weighted by molar-refractivity contribution is -0.929. The molecule has 3 rings (SSSR count). The molecule has 6 heteroatoms. The van der Waals surface area contributed by atoms with E-state index in [2.05, 4.69) is 12.0 Å². The van der Waals surface area contributed by atoms with Gasteiger partial charge in [0.05, 0.1) is 13.1 Å². The largest absolute Gasteiger partial charge is 0.316 e. The molecular weight excluding hydrogens is 299 g/mol. The minimum Gasteiger partial charge on any atom is -0.316 e. The lowest BCUT2D eigenvalue weighted by atomic mass is 10.00. The van der Waals surface area contributed by atoms with E-state index in [1.165, 1.54) is 43.0 Å². The van der Waals surface area contributed by atoms with Crippen LogP contribution in [0.3, 0.4) is 0 Å². The molecule has 0 unspecified atom stereocenters. The molecule has 0 bridgehead atoms. The maximum atomic E-state index is 13.1. The number of nitrogens with zero attached hydrogens (tertiary/aromatic N) is 3. The molecule has 1 fully saturated rings. The van der Waals surface area contributed by atoms with Crippen molar-refractivity contribution in [2.24, 2.45) is 13.0 Å². The average Bonchev–Trinajstić information content (AvgIpc) is 2.79. The molecular formula is C16H22FN4S+. The van der Waals surface area contributed by atoms with Gasteiger partial charge in [-0.05, 0) is 55.2 Å². The van der Waals surface area contributed by atoms with Gasteiger partial charge in [0.2, 0.25) is 4.77 Å². The average molecular weight is 321 g/mol. The summed E-state index contributed by atoms with van der Waals surface area (Å²) in [6.07, 6.45) is 2.53. The molecule has 1 aromatic carbocycles. The standard InChI is InChI=1S/C16H21FN4S/c1-12-7-9-20(10-8-12)11-21-16(22)19(2)15(18-21)13-3-5-14(17)6-4-13/h3-6,12H,7-11H2,1-2H3/p+1. The van der Waals surface area contributed by atoms with Crippen molar-refractivity contribution in [3.8, 4) is 11.4 Å². The van der Waals surface area contributed by atoms with Crippen LogP contribution < -0.4 is 4.90 Å². The number of aromatic nitrogens is 3. The molecule has 0 radical (unpaired) electrons. The van der Waals surface area contributed by atoms with Gasteiger partial charge in [-0.3, -0.25) is 0 Å². The third-order valence-electron chi connectivity index (χ3n) is 4.50. The van der Waals surface area contributed by atoms with Gasteiger partial charge >= 0.3 is 0 Å². The molecule has 2 aromatic rings. The second-order valence-electron chi connectivity index (χ2n) is 6.26. The van der Waals surface area contributed by atoms with Gasteiger partial charge in [-0.15, -0.1) is 5.10 Å². The molecule has 1 aromatic heterocycles. The number of piperidine rings is 1. The highest BCUT2D eigenvalue weighted by Crippen LogP contribution is 2.17. The fourth-order valence-electron chi connectivity index (χ4n) is 2.98. The minimum atomic E-state index is -0.240. The third-order valence-corrected chi connectivity index (χ3v) is 4.98. The number of hydrogen-bond acceptors (Lipinski definition) is 2. The second-order valence-corrected chi connectivity index (χ2v) is 6.63. The lowest BCUT2D eigenvalue weighted by Crippen LogP contribution is -3.12. The van der Waals surface area contributed by atoms with Crippen LogP contribution in [0.2, 0.25) is 0 Å². The van der Waals surface area contributed by atoms with Gasteiger partial charge in [0.1, 0.15) is 5.82 Å². The van der Waals surface area contributed by atoms with E-state index in [9.17, 15) is 4.39 Å². The van der Waals surface area contributed by atoms with Crippen molar-refractivity contribution < 1.29 is 9.29 Å². The first-order valence-corrected chi connectivity index (χ1v) is 8.19. The summed E-state index contributed by atoms with van der Waals surface area (Å²) in [6, 6.07) is 6.39. The van der Waals surface area contributed by atoms with Crippen molar-refractivity contribution >= 4 is 12.2 Å². The molecule has 4 nitrogen and oxygen atoms in total. The molecule has 1 aliphatic heterocycles. The van der Waals surface area contributed by atoms with Crippen molar-refractivity contribution in [3.63, 3.8) is 0 Å². The molecule has 0 atom stereocenters. The summed E-state index contributed by atoms with van der Waals surface area (Å²) in [7, 11) is 1.91. The van der Waals surface area contributed by atoms with E-state index in [0.717, 1.165) is 24.0 Å². The predicted octanol–water partition coefficient (Wildman–Crippen LogP) is 2.03. The van der Waals surface area contributed by atoms with E-state index >= 15 is 0 Å². The summed E-state index contributed by atoms with van der Waals surface area (Å²) in [5, 5.41) is 4.65. The minimum absolute atomic E-state index is 0.240. The van der Waals surface area contributed by atoms with E-state index in [1.807, 2.05) is 16.3 Å². The highest BCUT2D eigenvalue weighted by atomic mass is 32.1. The molecule has 0 spiro atoms. The second kappa shape index (κ2) is 6.30. The van der Waals surface area contributed by atoms with E-state index < -0.39 is 0 Å². The van der Waals surface area contributed by atoms with Gasteiger partial charge in [-0.25, -0.2) is 4.39 Å². The molecule has 2 heterocycles. The van der Waals surface area contributed by atoms with Crippen LogP contribution in [0.5, 0.6) is 0 Å². The summed E-state index contributed by atoms with van der Waals surface area (Å²) < 4.78 is 17.6. The number of nitrogens with one attached hydrogen (secondary N) is 1. The SMILES string of the molecule is CC1CC[NH+](Cn2nc(-c3ccc(F)cc3)n(C)c2=S)CC1. The van der Waals surface area contributed by atoms with Crippen molar-refractivity contribution in [2.45, 2.75) is 26.4 Å². The Labute approximate surface area is 135 Å². The molecule has 1 aliphatic rings. The third kappa shape index (κ3) is 3.13. The van der Waals surface area contributed by atoms with E-state index in [-0.39, 0.29) is 5.82 Å². The molecule has 118 valence electrons. The molecule has 0 saturated carbocycles. The Morgan fingerprint density at radius 1 is 1.27 bits per heavy atom. The Morgan fingerprint density at radius 2 is 1.91 bits per heavy atom. The smallest absolute Gasteiger partial charge is 0.202 e. The number of halogens is 1. The first-order valence-electron chi connectivity index (χ1n) is 7.78. The summed E-state index contributed by atoms with van der Waals surface area (Å²) in [6.45, 7) is 5.47. The first-order chi connectivity index (χ1) is 10.5. The summed E-state index contributed by atoms with van der Waals surface area (Å²) in [5.41, 5.74) is 0.885. The maximum absolute atomic E-state index is 13.1. The molecule has 0 amide bonds. The van der Waals surface area contributed by atoms with Crippen LogP contribution in [0.25, 0.3) is 11.4 Å². The fraction of sp³-hybridized carbons (Fsp3) is 0.500. The van der Waals surface area contributed by atoms with E-state index in [0.29, 0.717) is 4.77 Å². The van der Waals surface area contributed by atoms with Crippen molar-refractivity contribution in [2.75, 3.05) is 13.1 Å². The monoisotopic (exact) mass is 321 g/mol. The quantitative estimate of drug-likeness (QED) is 0.876. The Hall–Kier alpha value is -1.53. The molecule has 0 aliphatic carbocycles. The van der Waals surface area contributed by atoms with Gasteiger partial charge in [0.15, 0.2) is 12.5 Å². The van der Waals surface area contributed by atoms with Crippen molar-refractivity contribution in [1.29, 1.82) is 0 Å². The number of hydrogen-bond donors (Lipinski definition) is 1.